The molecule has 1 aromatic heterocycles. The number of hydrogen-bond donors (Lipinski definition) is 1. The zero-order valence-electron chi connectivity index (χ0n) is 18.1. The molecule has 0 saturated carbocycles. The van der Waals surface area contributed by atoms with Crippen molar-refractivity contribution in [2.75, 3.05) is 19.4 Å². The molecule has 30 heavy (non-hydrogen) atoms. The third-order valence-electron chi connectivity index (χ3n) is 5.64. The van der Waals surface area contributed by atoms with Crippen molar-refractivity contribution in [2.24, 2.45) is 0 Å². The first-order chi connectivity index (χ1) is 14.3. The van der Waals surface area contributed by atoms with Gasteiger partial charge in [-0.05, 0) is 50.5 Å². The van der Waals surface area contributed by atoms with Crippen molar-refractivity contribution in [1.29, 1.82) is 0 Å². The average molecular weight is 431 g/mol. The van der Waals surface area contributed by atoms with Gasteiger partial charge in [0.1, 0.15) is 5.82 Å². The van der Waals surface area contributed by atoms with Crippen LogP contribution in [0.4, 0.5) is 4.39 Å². The summed E-state index contributed by atoms with van der Waals surface area (Å²) in [5.74, 6) is -0.273. The van der Waals surface area contributed by atoms with Crippen LogP contribution >= 0.6 is 7.37 Å². The second-order valence-corrected chi connectivity index (χ2v) is 10.8. The van der Waals surface area contributed by atoms with Gasteiger partial charge in [-0.3, -0.25) is 4.57 Å². The summed E-state index contributed by atoms with van der Waals surface area (Å²) in [5, 5.41) is 11.1. The molecule has 3 rings (SSSR count). The maximum Gasteiger partial charge on any atom is 0.205 e. The molecule has 0 aliphatic rings. The number of halogens is 1. The van der Waals surface area contributed by atoms with E-state index >= 15 is 0 Å². The van der Waals surface area contributed by atoms with E-state index in [1.54, 1.807) is 12.1 Å². The number of rotatable bonds is 9. The number of benzene rings is 2. The van der Waals surface area contributed by atoms with Crippen molar-refractivity contribution < 1.29 is 18.6 Å². The number of aliphatic hydroxyl groups is 1. The van der Waals surface area contributed by atoms with Crippen molar-refractivity contribution in [1.82, 2.24) is 4.57 Å². The van der Waals surface area contributed by atoms with Crippen LogP contribution in [0.2, 0.25) is 0 Å². The van der Waals surface area contributed by atoms with Crippen molar-refractivity contribution in [3.8, 4) is 11.1 Å². The van der Waals surface area contributed by atoms with Gasteiger partial charge in [-0.25, -0.2) is 4.39 Å². The highest BCUT2D eigenvalue weighted by Crippen LogP contribution is 2.48. The van der Waals surface area contributed by atoms with Crippen LogP contribution in [0.15, 0.2) is 48.5 Å². The number of hydrogen-bond acceptors (Lipinski definition) is 3. The molecule has 0 fully saturated rings. The first kappa shape index (κ1) is 22.7. The fraction of sp³-hybridized carbons (Fsp3) is 0.417. The molecule has 0 amide bonds. The van der Waals surface area contributed by atoms with Crippen LogP contribution in [0.25, 0.3) is 22.0 Å². The molecule has 2 aromatic carbocycles. The number of para-hydroxylation sites is 1. The molecule has 6 heteroatoms. The van der Waals surface area contributed by atoms with Gasteiger partial charge in [0, 0.05) is 41.5 Å². The summed E-state index contributed by atoms with van der Waals surface area (Å²) in [6, 6.07) is 14.9. The standard InChI is InChI=1S/C24H31FNO3P/c1-5-20(27)16-30(28,29-4)15-14-23-24(18-10-12-19(25)13-11-18)21-8-6-7-9-22(21)26(23)17(2)3/h6-13,17,20,27H,5,14-16H2,1-4H3/t20-,30?/m0/s1. The molecule has 2 atom stereocenters. The monoisotopic (exact) mass is 431 g/mol. The predicted molar refractivity (Wildman–Crippen MR) is 122 cm³/mol. The number of aromatic nitrogens is 1. The lowest BCUT2D eigenvalue weighted by Crippen LogP contribution is -2.15. The Kier molecular flexibility index (Phi) is 7.18. The molecule has 162 valence electrons. The molecule has 1 heterocycles. The van der Waals surface area contributed by atoms with Crippen LogP contribution in [-0.2, 0) is 15.5 Å². The lowest BCUT2D eigenvalue weighted by Gasteiger charge is -2.21. The summed E-state index contributed by atoms with van der Waals surface area (Å²) >= 11 is 0. The van der Waals surface area contributed by atoms with Gasteiger partial charge in [0.05, 0.1) is 12.3 Å². The minimum Gasteiger partial charge on any atom is -0.393 e. The Labute approximate surface area is 178 Å². The van der Waals surface area contributed by atoms with Crippen LogP contribution in [0.5, 0.6) is 0 Å². The second kappa shape index (κ2) is 9.47. The average Bonchev–Trinajstić information content (AvgIpc) is 3.07. The topological polar surface area (TPSA) is 51.5 Å². The van der Waals surface area contributed by atoms with Crippen LogP contribution < -0.4 is 0 Å². The summed E-state index contributed by atoms with van der Waals surface area (Å²) in [6.07, 6.45) is 0.955. The summed E-state index contributed by atoms with van der Waals surface area (Å²) in [5.41, 5.74) is 4.13. The first-order valence-corrected chi connectivity index (χ1v) is 12.5. The minimum atomic E-state index is -2.97. The first-order valence-electron chi connectivity index (χ1n) is 10.5. The van der Waals surface area contributed by atoms with Crippen LogP contribution in [-0.4, -0.2) is 35.2 Å². The fourth-order valence-electron chi connectivity index (χ4n) is 4.07. The third kappa shape index (κ3) is 4.69. The minimum absolute atomic E-state index is 0.161. The summed E-state index contributed by atoms with van der Waals surface area (Å²) in [6.45, 7) is 6.12. The van der Waals surface area contributed by atoms with E-state index in [1.807, 2.05) is 19.1 Å². The zero-order valence-corrected chi connectivity index (χ0v) is 19.0. The van der Waals surface area contributed by atoms with E-state index in [-0.39, 0.29) is 18.0 Å². The molecule has 0 aliphatic carbocycles. The van der Waals surface area contributed by atoms with Gasteiger partial charge in [0.2, 0.25) is 7.37 Å². The molecule has 3 aromatic rings. The quantitative estimate of drug-likeness (QED) is 0.407. The Balaban J connectivity index is 2.12. The van der Waals surface area contributed by atoms with E-state index in [4.69, 9.17) is 4.52 Å². The Morgan fingerprint density at radius 3 is 2.40 bits per heavy atom. The maximum atomic E-state index is 13.6. The number of aliphatic hydroxyl groups excluding tert-OH is 1. The van der Waals surface area contributed by atoms with Crippen LogP contribution in [0.3, 0.4) is 0 Å². The van der Waals surface area contributed by atoms with Gasteiger partial charge in [-0.2, -0.15) is 0 Å². The highest BCUT2D eigenvalue weighted by Gasteiger charge is 2.27. The van der Waals surface area contributed by atoms with Crippen molar-refractivity contribution >= 4 is 18.3 Å². The third-order valence-corrected chi connectivity index (χ3v) is 8.19. The normalized spacial score (nSPS) is 14.9. The molecule has 0 saturated heterocycles. The van der Waals surface area contributed by atoms with Crippen LogP contribution in [0, 0.1) is 5.82 Å². The number of nitrogens with zero attached hydrogens (tertiary/aromatic N) is 1. The summed E-state index contributed by atoms with van der Waals surface area (Å²) < 4.78 is 34.5. The van der Waals surface area contributed by atoms with Crippen molar-refractivity contribution in [3.05, 3.63) is 60.0 Å². The fourth-order valence-corrected chi connectivity index (χ4v) is 6.04. The second-order valence-electron chi connectivity index (χ2n) is 8.02. The van der Waals surface area contributed by atoms with E-state index in [9.17, 15) is 14.1 Å². The largest absolute Gasteiger partial charge is 0.393 e. The van der Waals surface area contributed by atoms with Crippen LogP contribution in [0.1, 0.15) is 38.9 Å². The molecule has 1 unspecified atom stereocenters. The van der Waals surface area contributed by atoms with E-state index in [1.165, 1.54) is 19.2 Å². The van der Waals surface area contributed by atoms with E-state index < -0.39 is 13.5 Å². The summed E-state index contributed by atoms with van der Waals surface area (Å²) in [4.78, 5) is 0. The Morgan fingerprint density at radius 2 is 1.80 bits per heavy atom. The smallest absolute Gasteiger partial charge is 0.205 e. The molecule has 0 radical (unpaired) electrons. The lowest BCUT2D eigenvalue weighted by molar-refractivity contribution is 0.188. The van der Waals surface area contributed by atoms with E-state index in [2.05, 4.69) is 30.5 Å². The zero-order chi connectivity index (χ0) is 21.9. The number of fused-ring (bicyclic) bond motifs is 1. The highest BCUT2D eigenvalue weighted by atomic mass is 31.2. The van der Waals surface area contributed by atoms with Gasteiger partial charge < -0.3 is 14.2 Å². The molecular formula is C24H31FNO3P. The SMILES string of the molecule is CC[C@H](O)CP(=O)(CCc1c(-c2ccc(F)cc2)c2ccccc2n1C(C)C)OC. The molecule has 0 bridgehead atoms. The van der Waals surface area contributed by atoms with Gasteiger partial charge in [-0.1, -0.05) is 37.3 Å². The Morgan fingerprint density at radius 1 is 1.13 bits per heavy atom. The molecule has 4 nitrogen and oxygen atoms in total. The maximum absolute atomic E-state index is 13.6. The Hall–Kier alpha value is -1.94. The predicted octanol–water partition coefficient (Wildman–Crippen LogP) is 6.27. The van der Waals surface area contributed by atoms with Gasteiger partial charge >= 0.3 is 0 Å². The molecule has 0 aliphatic heterocycles. The molecule has 0 spiro atoms. The van der Waals surface area contributed by atoms with Crippen molar-refractivity contribution in [2.45, 2.75) is 45.8 Å². The summed E-state index contributed by atoms with van der Waals surface area (Å²) in [7, 11) is -1.51. The van der Waals surface area contributed by atoms with E-state index in [0.717, 1.165) is 27.7 Å². The Bertz CT molecular complexity index is 1040. The lowest BCUT2D eigenvalue weighted by atomic mass is 10.0. The highest BCUT2D eigenvalue weighted by molar-refractivity contribution is 7.59. The van der Waals surface area contributed by atoms with Gasteiger partial charge in [0.15, 0.2) is 0 Å². The van der Waals surface area contributed by atoms with Gasteiger partial charge in [-0.15, -0.1) is 0 Å². The molecular weight excluding hydrogens is 400 g/mol. The molecule has 1 N–H and O–H groups in total. The van der Waals surface area contributed by atoms with E-state index in [0.29, 0.717) is 19.0 Å². The van der Waals surface area contributed by atoms with Crippen molar-refractivity contribution in [3.63, 3.8) is 0 Å². The van der Waals surface area contributed by atoms with Gasteiger partial charge in [0.25, 0.3) is 0 Å².